The van der Waals surface area contributed by atoms with Crippen LogP contribution in [0.15, 0.2) is 29.2 Å². The molecule has 0 saturated carbocycles. The smallest absolute Gasteiger partial charge is 0.238 e. The van der Waals surface area contributed by atoms with E-state index in [0.29, 0.717) is 18.1 Å². The summed E-state index contributed by atoms with van der Waals surface area (Å²) in [7, 11) is -0.319. The minimum atomic E-state index is -3.71. The van der Waals surface area contributed by atoms with Gasteiger partial charge in [-0.25, -0.2) is 18.2 Å². The second-order valence-corrected chi connectivity index (χ2v) is 6.18. The molecule has 7 nitrogen and oxygen atoms in total. The molecule has 1 aromatic heterocycles. The lowest BCUT2D eigenvalue weighted by molar-refractivity contribution is 0.370. The number of aromatic nitrogens is 2. The number of hydrogen-bond acceptors (Lipinski definition) is 5. The van der Waals surface area contributed by atoms with E-state index in [1.54, 1.807) is 31.0 Å². The van der Waals surface area contributed by atoms with E-state index in [-0.39, 0.29) is 4.90 Å². The van der Waals surface area contributed by atoms with Gasteiger partial charge in [-0.1, -0.05) is 6.07 Å². The zero-order valence-electron chi connectivity index (χ0n) is 12.1. The van der Waals surface area contributed by atoms with Crippen LogP contribution >= 0.6 is 0 Å². The van der Waals surface area contributed by atoms with Crippen molar-refractivity contribution in [1.29, 1.82) is 0 Å². The Bertz CT molecular complexity index is 753. The van der Waals surface area contributed by atoms with Crippen molar-refractivity contribution in [3.8, 4) is 5.88 Å². The first-order chi connectivity index (χ1) is 9.82. The summed E-state index contributed by atoms with van der Waals surface area (Å²) >= 11 is 0. The molecular weight excluding hydrogens is 292 g/mol. The zero-order chi connectivity index (χ0) is 15.6. The average Bonchev–Trinajstić information content (AvgIpc) is 2.69. The van der Waals surface area contributed by atoms with Crippen LogP contribution in [0.3, 0.4) is 0 Å². The van der Waals surface area contributed by atoms with Gasteiger partial charge in [0.2, 0.25) is 15.9 Å². The Balaban J connectivity index is 2.21. The maximum absolute atomic E-state index is 11.3. The number of methoxy groups -OCH3 is 1. The molecule has 0 unspecified atom stereocenters. The van der Waals surface area contributed by atoms with Gasteiger partial charge in [0, 0.05) is 19.3 Å². The third kappa shape index (κ3) is 3.34. The Morgan fingerprint density at radius 2 is 2.14 bits per heavy atom. The number of nitrogens with zero attached hydrogens (tertiary/aromatic N) is 2. The van der Waals surface area contributed by atoms with Crippen LogP contribution in [-0.2, 0) is 23.6 Å². The first-order valence-corrected chi connectivity index (χ1v) is 7.80. The summed E-state index contributed by atoms with van der Waals surface area (Å²) in [4.78, 5) is 0.0716. The molecule has 0 fully saturated rings. The third-order valence-corrected chi connectivity index (χ3v) is 4.03. The number of rotatable bonds is 5. The Morgan fingerprint density at radius 1 is 1.43 bits per heavy atom. The molecule has 0 saturated heterocycles. The molecule has 0 aliphatic heterocycles. The van der Waals surface area contributed by atoms with Crippen LogP contribution in [0, 0.1) is 6.92 Å². The molecule has 0 atom stereocenters. The molecule has 0 spiro atoms. The van der Waals surface area contributed by atoms with Crippen molar-refractivity contribution in [2.75, 3.05) is 12.4 Å². The fourth-order valence-electron chi connectivity index (χ4n) is 2.11. The summed E-state index contributed by atoms with van der Waals surface area (Å²) in [6, 6.07) is 6.35. The number of nitrogens with one attached hydrogen (secondary N) is 1. The van der Waals surface area contributed by atoms with E-state index in [9.17, 15) is 8.42 Å². The van der Waals surface area contributed by atoms with Gasteiger partial charge in [0.05, 0.1) is 23.3 Å². The van der Waals surface area contributed by atoms with E-state index in [4.69, 9.17) is 9.88 Å². The molecule has 21 heavy (non-hydrogen) atoms. The summed E-state index contributed by atoms with van der Waals surface area (Å²) in [5.74, 6) is 0.669. The van der Waals surface area contributed by atoms with Crippen LogP contribution in [0.1, 0.15) is 11.3 Å². The number of aryl methyl sites for hydroxylation is 2. The van der Waals surface area contributed by atoms with Crippen molar-refractivity contribution in [2.45, 2.75) is 18.4 Å². The lowest BCUT2D eigenvalue weighted by Crippen LogP contribution is -2.12. The topological polar surface area (TPSA) is 99.2 Å². The number of sulfonamides is 1. The third-order valence-electron chi connectivity index (χ3n) is 3.11. The lowest BCUT2D eigenvalue weighted by Gasteiger charge is -2.09. The Hall–Kier alpha value is -2.06. The monoisotopic (exact) mass is 310 g/mol. The Morgan fingerprint density at radius 3 is 2.76 bits per heavy atom. The van der Waals surface area contributed by atoms with Crippen molar-refractivity contribution >= 4 is 15.7 Å². The van der Waals surface area contributed by atoms with Crippen molar-refractivity contribution in [2.24, 2.45) is 12.2 Å². The molecular formula is C13H18N4O3S. The number of primary sulfonamides is 1. The van der Waals surface area contributed by atoms with Crippen molar-refractivity contribution in [3.05, 3.63) is 35.5 Å². The number of benzene rings is 1. The average molecular weight is 310 g/mol. The SMILES string of the molecule is COc1c(CNc2cccc(S(N)(=O)=O)c2)c(C)nn1C. The summed E-state index contributed by atoms with van der Waals surface area (Å²) in [6.45, 7) is 2.36. The van der Waals surface area contributed by atoms with Gasteiger partial charge in [0.25, 0.3) is 0 Å². The fraction of sp³-hybridized carbons (Fsp3) is 0.308. The quantitative estimate of drug-likeness (QED) is 0.858. The maximum atomic E-state index is 11.3. The molecule has 1 aromatic carbocycles. The summed E-state index contributed by atoms with van der Waals surface area (Å²) in [6.07, 6.45) is 0. The van der Waals surface area contributed by atoms with E-state index in [1.807, 2.05) is 6.92 Å². The lowest BCUT2D eigenvalue weighted by atomic mass is 10.2. The summed E-state index contributed by atoms with van der Waals surface area (Å²) < 4.78 is 29.6. The van der Waals surface area contributed by atoms with Gasteiger partial charge >= 0.3 is 0 Å². The largest absolute Gasteiger partial charge is 0.481 e. The second-order valence-electron chi connectivity index (χ2n) is 4.62. The van der Waals surface area contributed by atoms with Gasteiger partial charge in [-0.05, 0) is 25.1 Å². The standard InChI is InChI=1S/C13H18N4O3S/c1-9-12(13(20-3)17(2)16-9)8-15-10-5-4-6-11(7-10)21(14,18)19/h4-7,15H,8H2,1-3H3,(H2,14,18,19). The van der Waals surface area contributed by atoms with E-state index >= 15 is 0 Å². The van der Waals surface area contributed by atoms with Gasteiger partial charge in [0.1, 0.15) is 0 Å². The first-order valence-electron chi connectivity index (χ1n) is 6.26. The van der Waals surface area contributed by atoms with Gasteiger partial charge < -0.3 is 10.1 Å². The number of hydrogen-bond donors (Lipinski definition) is 2. The molecule has 0 amide bonds. The minimum absolute atomic E-state index is 0.0716. The normalized spacial score (nSPS) is 11.4. The van der Waals surface area contributed by atoms with Crippen molar-refractivity contribution in [1.82, 2.24) is 9.78 Å². The Kier molecular flexibility index (Phi) is 4.19. The highest BCUT2D eigenvalue weighted by atomic mass is 32.2. The molecule has 114 valence electrons. The molecule has 2 rings (SSSR count). The van der Waals surface area contributed by atoms with E-state index in [1.165, 1.54) is 12.1 Å². The van der Waals surface area contributed by atoms with Gasteiger partial charge in [-0.3, -0.25) is 0 Å². The van der Waals surface area contributed by atoms with Crippen LogP contribution in [0.25, 0.3) is 0 Å². The van der Waals surface area contributed by atoms with E-state index in [2.05, 4.69) is 10.4 Å². The molecule has 2 aromatic rings. The van der Waals surface area contributed by atoms with Crippen LogP contribution in [0.5, 0.6) is 5.88 Å². The molecule has 0 aliphatic carbocycles. The fourth-order valence-corrected chi connectivity index (χ4v) is 2.67. The highest BCUT2D eigenvalue weighted by Gasteiger charge is 2.14. The molecule has 1 heterocycles. The molecule has 3 N–H and O–H groups in total. The first kappa shape index (κ1) is 15.3. The molecule has 0 radical (unpaired) electrons. The summed E-state index contributed by atoms with van der Waals surface area (Å²) in [5, 5.41) is 12.6. The highest BCUT2D eigenvalue weighted by molar-refractivity contribution is 7.89. The second kappa shape index (κ2) is 5.74. The van der Waals surface area contributed by atoms with E-state index < -0.39 is 10.0 Å². The van der Waals surface area contributed by atoms with Crippen LogP contribution in [-0.4, -0.2) is 25.3 Å². The minimum Gasteiger partial charge on any atom is -0.481 e. The number of anilines is 1. The maximum Gasteiger partial charge on any atom is 0.238 e. The molecule has 0 aliphatic rings. The van der Waals surface area contributed by atoms with Crippen molar-refractivity contribution in [3.63, 3.8) is 0 Å². The summed E-state index contributed by atoms with van der Waals surface area (Å²) in [5.41, 5.74) is 2.43. The highest BCUT2D eigenvalue weighted by Crippen LogP contribution is 2.22. The predicted octanol–water partition coefficient (Wildman–Crippen LogP) is 0.997. The van der Waals surface area contributed by atoms with E-state index in [0.717, 1.165) is 11.3 Å². The van der Waals surface area contributed by atoms with Crippen LogP contribution < -0.4 is 15.2 Å². The molecule has 0 bridgehead atoms. The van der Waals surface area contributed by atoms with Gasteiger partial charge in [-0.15, -0.1) is 0 Å². The van der Waals surface area contributed by atoms with Crippen LogP contribution in [0.4, 0.5) is 5.69 Å². The Labute approximate surface area is 123 Å². The zero-order valence-corrected chi connectivity index (χ0v) is 12.9. The van der Waals surface area contributed by atoms with Gasteiger partial charge in [0.15, 0.2) is 0 Å². The molecule has 8 heteroatoms. The van der Waals surface area contributed by atoms with Crippen molar-refractivity contribution < 1.29 is 13.2 Å². The number of nitrogens with two attached hydrogens (primary N) is 1. The van der Waals surface area contributed by atoms with Crippen LogP contribution in [0.2, 0.25) is 0 Å². The predicted molar refractivity (Wildman–Crippen MR) is 79.6 cm³/mol. The number of ether oxygens (including phenoxy) is 1. The van der Waals surface area contributed by atoms with Gasteiger partial charge in [-0.2, -0.15) is 5.10 Å².